The summed E-state index contributed by atoms with van der Waals surface area (Å²) in [4.78, 5) is 13.1. The molecule has 2 atom stereocenters. The predicted octanol–water partition coefficient (Wildman–Crippen LogP) is -0.292. The van der Waals surface area contributed by atoms with Gasteiger partial charge in [-0.1, -0.05) is 0 Å². The van der Waals surface area contributed by atoms with Crippen LogP contribution in [0.5, 0.6) is 0 Å². The monoisotopic (exact) mass is 140 g/mol. The Morgan fingerprint density at radius 1 is 1.60 bits per heavy atom. The number of ketones is 1. The first kappa shape index (κ1) is 6.31. The lowest BCUT2D eigenvalue weighted by atomic mass is 10.1. The van der Waals surface area contributed by atoms with Crippen molar-refractivity contribution >= 4 is 5.78 Å². The van der Waals surface area contributed by atoms with E-state index in [1.807, 2.05) is 0 Å². The number of nitrogens with zero attached hydrogens (tertiary/aromatic N) is 1. The van der Waals surface area contributed by atoms with Crippen LogP contribution in [-0.4, -0.2) is 29.4 Å². The van der Waals surface area contributed by atoms with Gasteiger partial charge in [-0.15, -0.1) is 0 Å². The SMILES string of the molecule is NC1C(=O)CC2CCCN21. The van der Waals surface area contributed by atoms with Crippen LogP contribution in [0.2, 0.25) is 0 Å². The van der Waals surface area contributed by atoms with Gasteiger partial charge in [0.15, 0.2) is 5.78 Å². The quantitative estimate of drug-likeness (QED) is 0.503. The Bertz CT molecular complexity index is 169. The van der Waals surface area contributed by atoms with Gasteiger partial charge in [0.25, 0.3) is 0 Å². The number of hydrogen-bond acceptors (Lipinski definition) is 3. The fourth-order valence-electron chi connectivity index (χ4n) is 1.98. The molecule has 0 aromatic carbocycles. The molecule has 3 nitrogen and oxygen atoms in total. The summed E-state index contributed by atoms with van der Waals surface area (Å²) in [6.45, 7) is 1.03. The number of nitrogens with two attached hydrogens (primary N) is 1. The van der Waals surface area contributed by atoms with Gasteiger partial charge in [-0.05, 0) is 12.8 Å². The van der Waals surface area contributed by atoms with E-state index < -0.39 is 0 Å². The topological polar surface area (TPSA) is 46.3 Å². The highest BCUT2D eigenvalue weighted by atomic mass is 16.1. The van der Waals surface area contributed by atoms with Crippen molar-refractivity contribution in [2.75, 3.05) is 6.54 Å². The molecule has 2 aliphatic heterocycles. The molecule has 2 heterocycles. The molecular weight excluding hydrogens is 128 g/mol. The summed E-state index contributed by atoms with van der Waals surface area (Å²) in [5, 5.41) is 0. The number of carbonyl (C=O) groups is 1. The molecule has 2 fully saturated rings. The summed E-state index contributed by atoms with van der Waals surface area (Å²) in [6.07, 6.45) is 2.80. The Labute approximate surface area is 60.2 Å². The second-order valence-electron chi connectivity index (χ2n) is 3.15. The first-order valence-electron chi connectivity index (χ1n) is 3.83. The van der Waals surface area contributed by atoms with Crippen LogP contribution in [0.25, 0.3) is 0 Å². The zero-order valence-corrected chi connectivity index (χ0v) is 5.92. The van der Waals surface area contributed by atoms with E-state index in [1.165, 1.54) is 12.8 Å². The molecule has 10 heavy (non-hydrogen) atoms. The summed E-state index contributed by atoms with van der Waals surface area (Å²) in [5.41, 5.74) is 5.64. The summed E-state index contributed by atoms with van der Waals surface area (Å²) < 4.78 is 0. The molecule has 2 rings (SSSR count). The maximum absolute atomic E-state index is 11.0. The fraction of sp³-hybridized carbons (Fsp3) is 0.857. The van der Waals surface area contributed by atoms with Crippen molar-refractivity contribution in [2.24, 2.45) is 5.73 Å². The van der Waals surface area contributed by atoms with Gasteiger partial charge in [-0.2, -0.15) is 0 Å². The summed E-state index contributed by atoms with van der Waals surface area (Å²) >= 11 is 0. The van der Waals surface area contributed by atoms with Crippen LogP contribution in [0.4, 0.5) is 0 Å². The number of hydrogen-bond donors (Lipinski definition) is 1. The van der Waals surface area contributed by atoms with E-state index in [9.17, 15) is 4.79 Å². The van der Waals surface area contributed by atoms with Crippen LogP contribution < -0.4 is 5.73 Å². The van der Waals surface area contributed by atoms with Crippen molar-refractivity contribution in [3.63, 3.8) is 0 Å². The number of rotatable bonds is 0. The van der Waals surface area contributed by atoms with Crippen LogP contribution in [0.3, 0.4) is 0 Å². The number of carbonyl (C=O) groups excluding carboxylic acids is 1. The Kier molecular flexibility index (Phi) is 1.28. The summed E-state index contributed by atoms with van der Waals surface area (Å²) in [5.74, 6) is 0.227. The molecule has 0 radical (unpaired) electrons. The predicted molar refractivity (Wildman–Crippen MR) is 37.3 cm³/mol. The Morgan fingerprint density at radius 2 is 2.40 bits per heavy atom. The summed E-state index contributed by atoms with van der Waals surface area (Å²) in [6, 6.07) is 0.488. The van der Waals surface area contributed by atoms with Gasteiger partial charge >= 0.3 is 0 Å². The molecule has 0 aliphatic carbocycles. The van der Waals surface area contributed by atoms with Crippen molar-refractivity contribution in [3.05, 3.63) is 0 Å². The van der Waals surface area contributed by atoms with E-state index in [0.29, 0.717) is 12.5 Å². The maximum Gasteiger partial charge on any atom is 0.165 e. The van der Waals surface area contributed by atoms with Crippen molar-refractivity contribution in [2.45, 2.75) is 31.5 Å². The lowest BCUT2D eigenvalue weighted by Crippen LogP contribution is -2.41. The highest BCUT2D eigenvalue weighted by Crippen LogP contribution is 2.27. The van der Waals surface area contributed by atoms with Crippen molar-refractivity contribution in [1.29, 1.82) is 0 Å². The largest absolute Gasteiger partial charge is 0.309 e. The van der Waals surface area contributed by atoms with E-state index >= 15 is 0 Å². The molecule has 0 aromatic heterocycles. The highest BCUT2D eigenvalue weighted by molar-refractivity contribution is 5.86. The molecule has 0 amide bonds. The third-order valence-corrected chi connectivity index (χ3v) is 2.55. The minimum atomic E-state index is -0.271. The number of Topliss-reactive ketones (excluding diaryl/α,β-unsaturated/α-hetero) is 1. The van der Waals surface area contributed by atoms with E-state index in [0.717, 1.165) is 6.54 Å². The van der Waals surface area contributed by atoms with Crippen molar-refractivity contribution < 1.29 is 4.79 Å². The maximum atomic E-state index is 11.0. The highest BCUT2D eigenvalue weighted by Gasteiger charge is 2.40. The normalized spacial score (nSPS) is 40.7. The molecule has 2 aliphatic rings. The van der Waals surface area contributed by atoms with E-state index in [2.05, 4.69) is 4.90 Å². The van der Waals surface area contributed by atoms with Crippen LogP contribution >= 0.6 is 0 Å². The third-order valence-electron chi connectivity index (χ3n) is 2.55. The van der Waals surface area contributed by atoms with E-state index in [-0.39, 0.29) is 11.9 Å². The molecule has 2 saturated heterocycles. The average Bonchev–Trinajstić information content (AvgIpc) is 2.41. The van der Waals surface area contributed by atoms with Gasteiger partial charge in [0.05, 0.1) is 0 Å². The lowest BCUT2D eigenvalue weighted by Gasteiger charge is -2.17. The molecule has 0 spiro atoms. The standard InChI is InChI=1S/C7H12N2O/c8-7-6(10)4-5-2-1-3-9(5)7/h5,7H,1-4,8H2. The zero-order chi connectivity index (χ0) is 7.14. The van der Waals surface area contributed by atoms with Crippen LogP contribution in [0.1, 0.15) is 19.3 Å². The van der Waals surface area contributed by atoms with Gasteiger partial charge in [-0.3, -0.25) is 9.69 Å². The minimum absolute atomic E-state index is 0.227. The van der Waals surface area contributed by atoms with Gasteiger partial charge < -0.3 is 5.73 Å². The molecule has 2 N–H and O–H groups in total. The van der Waals surface area contributed by atoms with Gasteiger partial charge in [0, 0.05) is 19.0 Å². The van der Waals surface area contributed by atoms with Crippen LogP contribution in [0.15, 0.2) is 0 Å². The minimum Gasteiger partial charge on any atom is -0.309 e. The third kappa shape index (κ3) is 0.707. The van der Waals surface area contributed by atoms with Gasteiger partial charge in [0.2, 0.25) is 0 Å². The second-order valence-corrected chi connectivity index (χ2v) is 3.15. The molecule has 3 heteroatoms. The van der Waals surface area contributed by atoms with Crippen LogP contribution in [0, 0.1) is 0 Å². The molecule has 56 valence electrons. The Balaban J connectivity index is 2.16. The van der Waals surface area contributed by atoms with Crippen molar-refractivity contribution in [3.8, 4) is 0 Å². The smallest absolute Gasteiger partial charge is 0.165 e. The van der Waals surface area contributed by atoms with E-state index in [4.69, 9.17) is 5.73 Å². The first-order chi connectivity index (χ1) is 4.79. The molecule has 0 bridgehead atoms. The number of fused-ring (bicyclic) bond motifs is 1. The van der Waals surface area contributed by atoms with Gasteiger partial charge in [0.1, 0.15) is 6.17 Å². The summed E-state index contributed by atoms with van der Waals surface area (Å²) in [7, 11) is 0. The Hall–Kier alpha value is -0.410. The lowest BCUT2D eigenvalue weighted by molar-refractivity contribution is -0.119. The zero-order valence-electron chi connectivity index (χ0n) is 5.92. The van der Waals surface area contributed by atoms with Crippen LogP contribution in [-0.2, 0) is 4.79 Å². The van der Waals surface area contributed by atoms with E-state index in [1.54, 1.807) is 0 Å². The van der Waals surface area contributed by atoms with Crippen molar-refractivity contribution in [1.82, 2.24) is 4.90 Å². The molecule has 0 saturated carbocycles. The average molecular weight is 140 g/mol. The second kappa shape index (κ2) is 2.04. The van der Waals surface area contributed by atoms with Gasteiger partial charge in [-0.25, -0.2) is 0 Å². The molecular formula is C7H12N2O. The fourth-order valence-corrected chi connectivity index (χ4v) is 1.98. The first-order valence-corrected chi connectivity index (χ1v) is 3.83. The molecule has 2 unspecified atom stereocenters. The molecule has 0 aromatic rings. The Morgan fingerprint density at radius 3 is 3.10 bits per heavy atom.